The van der Waals surface area contributed by atoms with Crippen LogP contribution in [0.25, 0.3) is 6.08 Å². The lowest BCUT2D eigenvalue weighted by Gasteiger charge is -2.20. The fourth-order valence-electron chi connectivity index (χ4n) is 2.22. The van der Waals surface area contributed by atoms with Crippen molar-refractivity contribution in [3.05, 3.63) is 65.9 Å². The van der Waals surface area contributed by atoms with Gasteiger partial charge in [-0.2, -0.15) is 0 Å². The molecular formula is C19H20FNO4. The fraction of sp³-hybridized carbons (Fsp3) is 0.263. The largest absolute Gasteiger partial charge is 0.469 e. The van der Waals surface area contributed by atoms with Crippen LogP contribution in [0.5, 0.6) is 0 Å². The van der Waals surface area contributed by atoms with E-state index < -0.39 is 0 Å². The van der Waals surface area contributed by atoms with E-state index in [0.717, 1.165) is 5.56 Å². The van der Waals surface area contributed by atoms with Crippen LogP contribution in [-0.2, 0) is 20.7 Å². The van der Waals surface area contributed by atoms with Gasteiger partial charge in [-0.25, -0.2) is 4.39 Å². The molecule has 1 heterocycles. The summed E-state index contributed by atoms with van der Waals surface area (Å²) in [5, 5.41) is 0. The minimum atomic E-state index is -0.380. The number of rotatable bonds is 8. The first-order valence-corrected chi connectivity index (χ1v) is 7.90. The minimum Gasteiger partial charge on any atom is -0.469 e. The van der Waals surface area contributed by atoms with E-state index >= 15 is 0 Å². The number of halogens is 1. The Kier molecular flexibility index (Phi) is 6.95. The van der Waals surface area contributed by atoms with Crippen LogP contribution in [0.1, 0.15) is 17.7 Å². The first-order valence-electron chi connectivity index (χ1n) is 7.90. The number of nitrogens with zero attached hydrogens (tertiary/aromatic N) is 1. The van der Waals surface area contributed by atoms with E-state index in [1.165, 1.54) is 31.6 Å². The molecule has 2 rings (SSSR count). The van der Waals surface area contributed by atoms with Gasteiger partial charge in [0.1, 0.15) is 11.6 Å². The summed E-state index contributed by atoms with van der Waals surface area (Å²) in [5.74, 6) is -0.347. The van der Waals surface area contributed by atoms with Crippen LogP contribution in [0.4, 0.5) is 4.39 Å². The van der Waals surface area contributed by atoms with Crippen LogP contribution in [0.15, 0.2) is 53.2 Å². The number of methoxy groups -OCH3 is 1. The average Bonchev–Trinajstić information content (AvgIpc) is 3.14. The summed E-state index contributed by atoms with van der Waals surface area (Å²) in [6.07, 6.45) is 5.17. The molecule has 0 saturated carbocycles. The summed E-state index contributed by atoms with van der Waals surface area (Å²) in [6.45, 7) is 0.652. The van der Waals surface area contributed by atoms with E-state index in [0.29, 0.717) is 18.7 Å². The fourth-order valence-corrected chi connectivity index (χ4v) is 2.22. The molecule has 25 heavy (non-hydrogen) atoms. The molecule has 0 spiro atoms. The molecule has 0 radical (unpaired) electrons. The smallest absolute Gasteiger partial charge is 0.307 e. The Morgan fingerprint density at radius 1 is 1.20 bits per heavy atom. The van der Waals surface area contributed by atoms with Crippen LogP contribution in [0, 0.1) is 5.82 Å². The molecule has 5 nitrogen and oxygen atoms in total. The number of hydrogen-bond donors (Lipinski definition) is 0. The van der Waals surface area contributed by atoms with E-state index in [1.807, 2.05) is 0 Å². The lowest BCUT2D eigenvalue weighted by Crippen LogP contribution is -2.33. The first-order chi connectivity index (χ1) is 12.1. The maximum atomic E-state index is 13.0. The van der Waals surface area contributed by atoms with Gasteiger partial charge in [0, 0.05) is 19.2 Å². The van der Waals surface area contributed by atoms with Gasteiger partial charge in [0.15, 0.2) is 0 Å². The van der Waals surface area contributed by atoms with E-state index in [-0.39, 0.29) is 30.7 Å². The second-order valence-corrected chi connectivity index (χ2v) is 5.38. The van der Waals surface area contributed by atoms with Gasteiger partial charge in [-0.1, -0.05) is 12.1 Å². The Balaban J connectivity index is 1.99. The molecule has 6 heteroatoms. The van der Waals surface area contributed by atoms with Crippen molar-refractivity contribution in [2.24, 2.45) is 0 Å². The number of furan rings is 1. The molecule has 0 unspecified atom stereocenters. The molecule has 0 aliphatic carbocycles. The van der Waals surface area contributed by atoms with Gasteiger partial charge < -0.3 is 14.1 Å². The third kappa shape index (κ3) is 6.25. The Morgan fingerprint density at radius 2 is 1.96 bits per heavy atom. The number of hydrogen-bond acceptors (Lipinski definition) is 4. The summed E-state index contributed by atoms with van der Waals surface area (Å²) >= 11 is 0. The summed E-state index contributed by atoms with van der Waals surface area (Å²) in [7, 11) is 1.31. The molecule has 0 aliphatic heterocycles. The molecule has 1 aromatic carbocycles. The maximum Gasteiger partial charge on any atom is 0.307 e. The highest BCUT2D eigenvalue weighted by Crippen LogP contribution is 2.07. The Labute approximate surface area is 145 Å². The highest BCUT2D eigenvalue weighted by atomic mass is 19.1. The van der Waals surface area contributed by atoms with Crippen molar-refractivity contribution in [1.82, 2.24) is 4.90 Å². The predicted octanol–water partition coefficient (Wildman–Crippen LogP) is 3.07. The molecule has 2 aromatic rings. The van der Waals surface area contributed by atoms with Gasteiger partial charge in [-0.05, 0) is 42.3 Å². The standard InChI is InChI=1S/C19H20FNO4/c1-24-19(23)11-13-21(12-10-15-4-6-16(20)7-5-15)18(22)9-8-17-3-2-14-25-17/h2-9,14H,10-13H2,1H3/b9-8+. The molecule has 0 bridgehead atoms. The quantitative estimate of drug-likeness (QED) is 0.545. The lowest BCUT2D eigenvalue weighted by atomic mass is 10.1. The van der Waals surface area contributed by atoms with Gasteiger partial charge in [0.25, 0.3) is 0 Å². The second-order valence-electron chi connectivity index (χ2n) is 5.38. The molecule has 132 valence electrons. The number of amides is 1. The van der Waals surface area contributed by atoms with Gasteiger partial charge in [-0.3, -0.25) is 9.59 Å². The monoisotopic (exact) mass is 345 g/mol. The first kappa shape index (κ1) is 18.4. The third-order valence-corrected chi connectivity index (χ3v) is 3.64. The van der Waals surface area contributed by atoms with E-state index in [4.69, 9.17) is 4.42 Å². The zero-order chi connectivity index (χ0) is 18.1. The topological polar surface area (TPSA) is 59.8 Å². The molecular weight excluding hydrogens is 325 g/mol. The Hall–Kier alpha value is -2.89. The third-order valence-electron chi connectivity index (χ3n) is 3.64. The number of ether oxygens (including phenoxy) is 1. The van der Waals surface area contributed by atoms with Crippen molar-refractivity contribution >= 4 is 18.0 Å². The van der Waals surface area contributed by atoms with Crippen LogP contribution in [-0.4, -0.2) is 37.0 Å². The van der Waals surface area contributed by atoms with Crippen molar-refractivity contribution in [3.63, 3.8) is 0 Å². The highest BCUT2D eigenvalue weighted by molar-refractivity contribution is 5.91. The van der Waals surface area contributed by atoms with Crippen molar-refractivity contribution in [1.29, 1.82) is 0 Å². The molecule has 0 aliphatic rings. The normalized spacial score (nSPS) is 10.8. The SMILES string of the molecule is COC(=O)CCN(CCc1ccc(F)cc1)C(=O)/C=C/c1ccco1. The summed E-state index contributed by atoms with van der Waals surface area (Å²) in [4.78, 5) is 25.3. The van der Waals surface area contributed by atoms with Crippen LogP contribution in [0.2, 0.25) is 0 Å². The van der Waals surface area contributed by atoms with Crippen molar-refractivity contribution in [2.75, 3.05) is 20.2 Å². The van der Waals surface area contributed by atoms with Crippen LogP contribution < -0.4 is 0 Å². The Bertz CT molecular complexity index is 708. The summed E-state index contributed by atoms with van der Waals surface area (Å²) in [6, 6.07) is 9.59. The molecule has 0 N–H and O–H groups in total. The minimum absolute atomic E-state index is 0.111. The number of esters is 1. The molecule has 1 amide bonds. The lowest BCUT2D eigenvalue weighted by molar-refractivity contribution is -0.141. The predicted molar refractivity (Wildman–Crippen MR) is 91.1 cm³/mol. The highest BCUT2D eigenvalue weighted by Gasteiger charge is 2.13. The summed E-state index contributed by atoms with van der Waals surface area (Å²) in [5.41, 5.74) is 0.910. The maximum absolute atomic E-state index is 13.0. The van der Waals surface area contributed by atoms with Crippen molar-refractivity contribution < 1.29 is 23.1 Å². The zero-order valence-electron chi connectivity index (χ0n) is 14.0. The van der Waals surface area contributed by atoms with Gasteiger partial charge in [0.05, 0.1) is 19.8 Å². The van der Waals surface area contributed by atoms with Gasteiger partial charge in [0.2, 0.25) is 5.91 Å². The van der Waals surface area contributed by atoms with Gasteiger partial charge >= 0.3 is 5.97 Å². The van der Waals surface area contributed by atoms with E-state index in [2.05, 4.69) is 4.74 Å². The Morgan fingerprint density at radius 3 is 2.60 bits per heavy atom. The number of benzene rings is 1. The number of carbonyl (C=O) groups excluding carboxylic acids is 2. The van der Waals surface area contributed by atoms with Crippen molar-refractivity contribution in [2.45, 2.75) is 12.8 Å². The average molecular weight is 345 g/mol. The molecule has 0 atom stereocenters. The molecule has 0 saturated heterocycles. The van der Waals surface area contributed by atoms with Crippen LogP contribution >= 0.6 is 0 Å². The zero-order valence-corrected chi connectivity index (χ0v) is 14.0. The van der Waals surface area contributed by atoms with Crippen molar-refractivity contribution in [3.8, 4) is 0 Å². The van der Waals surface area contributed by atoms with Crippen LogP contribution in [0.3, 0.4) is 0 Å². The van der Waals surface area contributed by atoms with Gasteiger partial charge in [-0.15, -0.1) is 0 Å². The van der Waals surface area contributed by atoms with E-state index in [1.54, 1.807) is 35.2 Å². The molecule has 0 fully saturated rings. The molecule has 1 aromatic heterocycles. The van der Waals surface area contributed by atoms with E-state index in [9.17, 15) is 14.0 Å². The number of carbonyl (C=O) groups is 2. The summed E-state index contributed by atoms with van der Waals surface area (Å²) < 4.78 is 22.7. The second kappa shape index (κ2) is 9.42.